The number of hydrogen-bond donors (Lipinski definition) is 1. The first kappa shape index (κ1) is 12.2. The van der Waals surface area contributed by atoms with Crippen molar-refractivity contribution < 1.29 is 13.2 Å². The molecule has 0 unspecified atom stereocenters. The molecule has 0 amide bonds. The van der Waals surface area contributed by atoms with Crippen LogP contribution in [0.4, 0.5) is 18.9 Å². The van der Waals surface area contributed by atoms with Crippen molar-refractivity contribution in [2.24, 2.45) is 0 Å². The van der Waals surface area contributed by atoms with Gasteiger partial charge in [-0.2, -0.15) is 18.3 Å². The van der Waals surface area contributed by atoms with Crippen LogP contribution < -0.4 is 5.73 Å². The standard InChI is InChI=1S/C8H12F3N3S/c1-5-7(12)6(2)14(13-5)3-4-15-8(9,10)11/h3-4,12H2,1-2H3. The third kappa shape index (κ3) is 3.33. The number of aromatic nitrogens is 2. The summed E-state index contributed by atoms with van der Waals surface area (Å²) >= 11 is -0.0494. The highest BCUT2D eigenvalue weighted by Gasteiger charge is 2.27. The van der Waals surface area contributed by atoms with Crippen molar-refractivity contribution in [3.05, 3.63) is 11.4 Å². The average Bonchev–Trinajstić information content (AvgIpc) is 2.32. The number of rotatable bonds is 3. The van der Waals surface area contributed by atoms with Crippen LogP contribution in [-0.4, -0.2) is 21.0 Å². The van der Waals surface area contributed by atoms with E-state index in [0.717, 1.165) is 5.69 Å². The highest BCUT2D eigenvalue weighted by atomic mass is 32.2. The van der Waals surface area contributed by atoms with Crippen LogP contribution in [0.3, 0.4) is 0 Å². The second kappa shape index (κ2) is 4.34. The number of nitrogen functional groups attached to an aromatic ring is 1. The van der Waals surface area contributed by atoms with Crippen molar-refractivity contribution >= 4 is 17.4 Å². The summed E-state index contributed by atoms with van der Waals surface area (Å²) in [6.07, 6.45) is 0. The van der Waals surface area contributed by atoms with E-state index in [0.29, 0.717) is 11.4 Å². The summed E-state index contributed by atoms with van der Waals surface area (Å²) in [7, 11) is 0. The monoisotopic (exact) mass is 239 g/mol. The lowest BCUT2D eigenvalue weighted by Crippen LogP contribution is -2.09. The molecule has 1 aromatic heterocycles. The van der Waals surface area contributed by atoms with E-state index in [1.807, 2.05) is 0 Å². The number of nitrogens with zero attached hydrogens (tertiary/aromatic N) is 2. The van der Waals surface area contributed by atoms with Gasteiger partial charge in [0, 0.05) is 5.75 Å². The molecule has 0 aliphatic rings. The van der Waals surface area contributed by atoms with Crippen LogP contribution in [0.2, 0.25) is 0 Å². The van der Waals surface area contributed by atoms with Crippen LogP contribution in [0.25, 0.3) is 0 Å². The van der Waals surface area contributed by atoms with E-state index in [1.165, 1.54) is 4.68 Å². The third-order valence-electron chi connectivity index (χ3n) is 2.01. The SMILES string of the molecule is Cc1nn(CCSC(F)(F)F)c(C)c1N. The largest absolute Gasteiger partial charge is 0.441 e. The van der Waals surface area contributed by atoms with Crippen LogP contribution in [0.15, 0.2) is 0 Å². The fraction of sp³-hybridized carbons (Fsp3) is 0.625. The molecule has 0 spiro atoms. The Morgan fingerprint density at radius 3 is 2.40 bits per heavy atom. The molecule has 1 aromatic rings. The highest BCUT2D eigenvalue weighted by molar-refractivity contribution is 8.00. The van der Waals surface area contributed by atoms with Gasteiger partial charge in [0.25, 0.3) is 0 Å². The summed E-state index contributed by atoms with van der Waals surface area (Å²) in [5, 5.41) is 4.04. The normalized spacial score (nSPS) is 12.1. The number of anilines is 1. The number of thioether (sulfide) groups is 1. The van der Waals surface area contributed by atoms with E-state index >= 15 is 0 Å². The Morgan fingerprint density at radius 1 is 1.40 bits per heavy atom. The second-order valence-corrected chi connectivity index (χ2v) is 4.26. The highest BCUT2D eigenvalue weighted by Crippen LogP contribution is 2.30. The van der Waals surface area contributed by atoms with Crippen LogP contribution in [0.1, 0.15) is 11.4 Å². The molecular formula is C8H12F3N3S. The molecule has 86 valence electrons. The maximum absolute atomic E-state index is 11.9. The molecule has 0 aliphatic carbocycles. The summed E-state index contributed by atoms with van der Waals surface area (Å²) in [6, 6.07) is 0. The fourth-order valence-corrected chi connectivity index (χ4v) is 1.67. The first-order chi connectivity index (χ1) is 6.81. The molecule has 15 heavy (non-hydrogen) atoms. The first-order valence-corrected chi connectivity index (χ1v) is 5.30. The van der Waals surface area contributed by atoms with Gasteiger partial charge in [-0.3, -0.25) is 4.68 Å². The minimum atomic E-state index is -4.18. The van der Waals surface area contributed by atoms with Gasteiger partial charge in [-0.1, -0.05) is 0 Å². The molecule has 0 saturated carbocycles. The smallest absolute Gasteiger partial charge is 0.396 e. The molecule has 0 radical (unpaired) electrons. The molecule has 1 heterocycles. The summed E-state index contributed by atoms with van der Waals surface area (Å²) in [6.45, 7) is 3.69. The molecule has 2 N–H and O–H groups in total. The van der Waals surface area contributed by atoms with Gasteiger partial charge in [-0.05, 0) is 25.6 Å². The van der Waals surface area contributed by atoms with Gasteiger partial charge in [0.1, 0.15) is 0 Å². The van der Waals surface area contributed by atoms with Gasteiger partial charge in [0.05, 0.1) is 23.6 Å². The topological polar surface area (TPSA) is 43.8 Å². The maximum atomic E-state index is 11.9. The van der Waals surface area contributed by atoms with E-state index in [2.05, 4.69) is 5.10 Å². The molecular weight excluding hydrogens is 227 g/mol. The first-order valence-electron chi connectivity index (χ1n) is 4.31. The summed E-state index contributed by atoms with van der Waals surface area (Å²) in [4.78, 5) is 0. The Labute approximate surface area is 89.8 Å². The van der Waals surface area contributed by atoms with Crippen molar-refractivity contribution in [2.45, 2.75) is 25.9 Å². The number of hydrogen-bond acceptors (Lipinski definition) is 3. The lowest BCUT2D eigenvalue weighted by atomic mass is 10.3. The van der Waals surface area contributed by atoms with Gasteiger partial charge in [-0.15, -0.1) is 0 Å². The molecule has 1 rings (SSSR count). The van der Waals surface area contributed by atoms with E-state index in [9.17, 15) is 13.2 Å². The summed E-state index contributed by atoms with van der Waals surface area (Å²) in [5.41, 5.74) is 3.39. The Bertz CT molecular complexity index is 346. The van der Waals surface area contributed by atoms with Crippen molar-refractivity contribution in [3.63, 3.8) is 0 Å². The van der Waals surface area contributed by atoms with E-state index in [-0.39, 0.29) is 24.1 Å². The summed E-state index contributed by atoms with van der Waals surface area (Å²) in [5.74, 6) is -0.0507. The van der Waals surface area contributed by atoms with Crippen molar-refractivity contribution in [2.75, 3.05) is 11.5 Å². The zero-order valence-electron chi connectivity index (χ0n) is 8.43. The predicted molar refractivity (Wildman–Crippen MR) is 54.6 cm³/mol. The van der Waals surface area contributed by atoms with Gasteiger partial charge in [0.2, 0.25) is 0 Å². The fourth-order valence-electron chi connectivity index (χ4n) is 1.18. The van der Waals surface area contributed by atoms with E-state index in [4.69, 9.17) is 5.73 Å². The quantitative estimate of drug-likeness (QED) is 0.880. The Balaban J connectivity index is 2.55. The Kier molecular flexibility index (Phi) is 3.54. The van der Waals surface area contributed by atoms with Crippen molar-refractivity contribution in [1.29, 1.82) is 0 Å². The van der Waals surface area contributed by atoms with Gasteiger partial charge < -0.3 is 5.73 Å². The zero-order chi connectivity index (χ0) is 11.6. The lowest BCUT2D eigenvalue weighted by molar-refractivity contribution is -0.0328. The Morgan fingerprint density at radius 2 is 2.00 bits per heavy atom. The zero-order valence-corrected chi connectivity index (χ0v) is 9.24. The Hall–Kier alpha value is -0.850. The van der Waals surface area contributed by atoms with Crippen LogP contribution in [0, 0.1) is 13.8 Å². The minimum absolute atomic E-state index is 0.0494. The van der Waals surface area contributed by atoms with E-state index < -0.39 is 5.51 Å². The summed E-state index contributed by atoms with van der Waals surface area (Å²) < 4.78 is 37.1. The molecule has 7 heteroatoms. The number of halogens is 3. The van der Waals surface area contributed by atoms with Gasteiger partial charge in [0.15, 0.2) is 0 Å². The van der Waals surface area contributed by atoms with E-state index in [1.54, 1.807) is 13.8 Å². The number of alkyl halides is 3. The molecule has 0 saturated heterocycles. The molecule has 0 atom stereocenters. The van der Waals surface area contributed by atoms with Gasteiger partial charge >= 0.3 is 5.51 Å². The molecule has 0 aromatic carbocycles. The van der Waals surface area contributed by atoms with Crippen LogP contribution in [0.5, 0.6) is 0 Å². The van der Waals surface area contributed by atoms with Crippen LogP contribution >= 0.6 is 11.8 Å². The molecule has 0 bridgehead atoms. The lowest BCUT2D eigenvalue weighted by Gasteiger charge is -2.06. The van der Waals surface area contributed by atoms with Gasteiger partial charge in [-0.25, -0.2) is 0 Å². The molecule has 0 aliphatic heterocycles. The molecule has 3 nitrogen and oxygen atoms in total. The maximum Gasteiger partial charge on any atom is 0.441 e. The number of nitrogens with two attached hydrogens (primary N) is 1. The van der Waals surface area contributed by atoms with Crippen molar-refractivity contribution in [3.8, 4) is 0 Å². The van der Waals surface area contributed by atoms with Crippen molar-refractivity contribution in [1.82, 2.24) is 9.78 Å². The molecule has 0 fully saturated rings. The van der Waals surface area contributed by atoms with Crippen LogP contribution in [-0.2, 0) is 6.54 Å². The second-order valence-electron chi connectivity index (χ2n) is 3.10. The predicted octanol–water partition coefficient (Wildman–Crippen LogP) is 2.34. The third-order valence-corrected chi connectivity index (χ3v) is 2.72. The minimum Gasteiger partial charge on any atom is -0.396 e. The average molecular weight is 239 g/mol. The number of aryl methyl sites for hydroxylation is 2.